The smallest absolute Gasteiger partial charge is 0.300 e. The Kier molecular flexibility index (Phi) is 25.4. The van der Waals surface area contributed by atoms with E-state index in [2.05, 4.69) is 0 Å². The third-order valence-electron chi connectivity index (χ3n) is 0. The van der Waals surface area contributed by atoms with Gasteiger partial charge < -0.3 is 14.8 Å². The number of carbonyl (C=O) groups is 1. The molecule has 0 spiro atoms. The Balaban J connectivity index is -0.0000000562. The van der Waals surface area contributed by atoms with Crippen molar-refractivity contribution in [3.05, 3.63) is 0 Å². The molecule has 0 aromatic carbocycles. The first-order valence-corrected chi connectivity index (χ1v) is 6.37. The molecule has 1 atom stereocenters. The van der Waals surface area contributed by atoms with Gasteiger partial charge in [-0.25, -0.2) is 0 Å². The molecule has 15 heavy (non-hydrogen) atoms. The largest absolute Gasteiger partial charge is 0.773 e. The van der Waals surface area contributed by atoms with Crippen LogP contribution in [-0.4, -0.2) is 57.5 Å². The predicted octanol–water partition coefficient (Wildman–Crippen LogP) is -1.30. The molecule has 0 heterocycles. The lowest BCUT2D eigenvalue weighted by molar-refractivity contribution is -0.134. The first-order chi connectivity index (χ1) is 6.46. The Morgan fingerprint density at radius 2 is 1.33 bits per heavy atom. The van der Waals surface area contributed by atoms with Crippen molar-refractivity contribution in [2.75, 3.05) is 19.6 Å². The summed E-state index contributed by atoms with van der Waals surface area (Å²) in [6.07, 6.45) is 1.80. The Hall–Kier alpha value is -0.550. The lowest BCUT2D eigenvalue weighted by Crippen LogP contribution is -1.88. The van der Waals surface area contributed by atoms with Crippen LogP contribution in [0.4, 0.5) is 0 Å². The minimum Gasteiger partial charge on any atom is -0.773 e. The van der Waals surface area contributed by atoms with Gasteiger partial charge in [0.25, 0.3) is 16.1 Å². The summed E-state index contributed by atoms with van der Waals surface area (Å²) in [6.45, 7) is 1.08. The van der Waals surface area contributed by atoms with E-state index >= 15 is 0 Å². The monoisotopic (exact) mass is 267 g/mol. The molecule has 96 valence electrons. The van der Waals surface area contributed by atoms with E-state index in [9.17, 15) is 8.42 Å². The summed E-state index contributed by atoms with van der Waals surface area (Å²) in [6, 6.07) is 0. The Bertz CT molecular complexity index is 216. The maximum Gasteiger partial charge on any atom is 0.300 e. The molecule has 0 saturated heterocycles. The van der Waals surface area contributed by atoms with E-state index in [-0.39, 0.29) is 0 Å². The molecule has 1 unspecified atom stereocenters. The molecule has 8 nitrogen and oxygen atoms in total. The van der Waals surface area contributed by atoms with Crippen molar-refractivity contribution in [3.63, 3.8) is 0 Å². The third kappa shape index (κ3) is 5830. The number of aliphatic carboxylic acids is 1. The van der Waals surface area contributed by atoms with Crippen LogP contribution in [0.15, 0.2) is 0 Å². The number of aliphatic hydroxyl groups is 1. The highest BCUT2D eigenvalue weighted by Gasteiger charge is 1.81. The summed E-state index contributed by atoms with van der Waals surface area (Å²) >= 11 is -1.86. The normalized spacial score (nSPS) is 10.1. The summed E-state index contributed by atoms with van der Waals surface area (Å²) in [5.41, 5.74) is 0. The van der Waals surface area contributed by atoms with E-state index < -0.39 is 27.2 Å². The molecule has 0 aliphatic rings. The molecule has 3 N–H and O–H groups in total. The van der Waals surface area contributed by atoms with Crippen LogP contribution in [0.2, 0.25) is 0 Å². The van der Waals surface area contributed by atoms with Gasteiger partial charge in [0.15, 0.2) is 0 Å². The van der Waals surface area contributed by atoms with Gasteiger partial charge in [0, 0.05) is 14.0 Å². The molecule has 0 amide bonds. The number of aliphatic hydroxyl groups excluding tert-OH is 1. The zero-order chi connectivity index (χ0) is 13.7. The Labute approximate surface area is 91.0 Å². The van der Waals surface area contributed by atoms with Gasteiger partial charge >= 0.3 is 0 Å². The van der Waals surface area contributed by atoms with Gasteiger partial charge in [0.2, 0.25) is 0 Å². The van der Waals surface area contributed by atoms with E-state index in [0.29, 0.717) is 6.26 Å². The average Bonchev–Trinajstić information content (AvgIpc) is 1.83. The highest BCUT2D eigenvalue weighted by Crippen LogP contribution is 1.60. The van der Waals surface area contributed by atoms with Gasteiger partial charge in [0.05, 0.1) is 6.26 Å². The molecule has 0 saturated carbocycles. The Morgan fingerprint density at radius 1 is 1.33 bits per heavy atom. The van der Waals surface area contributed by atoms with Crippen molar-refractivity contribution in [1.82, 2.24) is 0 Å². The SMILES string of the molecule is CC(=O)O.CO.CS(=O)(=O)O.CS(=O)[O-]. The topological polar surface area (TPSA) is 152 Å². The van der Waals surface area contributed by atoms with Crippen molar-refractivity contribution in [3.8, 4) is 0 Å². The van der Waals surface area contributed by atoms with Crippen molar-refractivity contribution < 1.29 is 36.7 Å². The summed E-state index contributed by atoms with van der Waals surface area (Å²) < 4.78 is 43.9. The summed E-state index contributed by atoms with van der Waals surface area (Å²) in [5, 5.41) is 14.4. The number of hydrogen-bond acceptors (Lipinski definition) is 6. The van der Waals surface area contributed by atoms with E-state index in [0.717, 1.165) is 20.3 Å². The van der Waals surface area contributed by atoms with Crippen LogP contribution in [0.1, 0.15) is 6.92 Å². The van der Waals surface area contributed by atoms with Crippen LogP contribution < -0.4 is 0 Å². The van der Waals surface area contributed by atoms with Gasteiger partial charge in [-0.1, -0.05) is 11.1 Å². The fraction of sp³-hybridized carbons (Fsp3) is 0.800. The zero-order valence-corrected chi connectivity index (χ0v) is 10.3. The van der Waals surface area contributed by atoms with Crippen molar-refractivity contribution in [2.45, 2.75) is 6.92 Å². The predicted molar refractivity (Wildman–Crippen MR) is 53.8 cm³/mol. The summed E-state index contributed by atoms with van der Waals surface area (Å²) in [7, 11) is -2.67. The van der Waals surface area contributed by atoms with Gasteiger partial charge in [0.1, 0.15) is 0 Å². The number of rotatable bonds is 0. The lowest BCUT2D eigenvalue weighted by Gasteiger charge is -1.85. The second-order valence-corrected chi connectivity index (χ2v) is 3.92. The average molecular weight is 267 g/mol. The summed E-state index contributed by atoms with van der Waals surface area (Å²) in [5.74, 6) is -0.833. The first-order valence-electron chi connectivity index (χ1n) is 3.04. The van der Waals surface area contributed by atoms with Crippen LogP contribution in [0.3, 0.4) is 0 Å². The van der Waals surface area contributed by atoms with E-state index in [1.54, 1.807) is 0 Å². The number of carboxylic acids is 1. The molecule has 0 rings (SSSR count). The molecule has 0 fully saturated rings. The highest BCUT2D eigenvalue weighted by atomic mass is 32.2. The number of carboxylic acid groups (broad SMARTS) is 1. The lowest BCUT2D eigenvalue weighted by atomic mass is 10.9. The van der Waals surface area contributed by atoms with E-state index in [1.807, 2.05) is 0 Å². The van der Waals surface area contributed by atoms with Crippen LogP contribution in [0, 0.1) is 0 Å². The minimum atomic E-state index is -3.67. The molecule has 0 aliphatic heterocycles. The standard InChI is InChI=1S/C2H4O2.CH4O3S.CH4O2S.CH4O/c1-2(3)4;1-5(2,3)4;1-4(2)3;1-2/h1H3,(H,3,4);1H3,(H,2,3,4);1H3,(H,2,3);2H,1H3/p-1. The fourth-order valence-corrected chi connectivity index (χ4v) is 0. The maximum absolute atomic E-state index is 9.19. The molecule has 0 aromatic rings. The molecular formula is C5H15O8S2-. The molecular weight excluding hydrogens is 252 g/mol. The second kappa shape index (κ2) is 15.9. The molecule has 0 aliphatic carbocycles. The third-order valence-corrected chi connectivity index (χ3v) is 0. The minimum absolute atomic E-state index is 0.715. The van der Waals surface area contributed by atoms with Gasteiger partial charge in [-0.3, -0.25) is 13.6 Å². The van der Waals surface area contributed by atoms with E-state index in [1.165, 1.54) is 0 Å². The van der Waals surface area contributed by atoms with Crippen LogP contribution in [0.5, 0.6) is 0 Å². The fourth-order valence-electron chi connectivity index (χ4n) is 0. The molecule has 10 heteroatoms. The van der Waals surface area contributed by atoms with Crippen LogP contribution >= 0.6 is 0 Å². The van der Waals surface area contributed by atoms with Gasteiger partial charge in [-0.2, -0.15) is 8.42 Å². The highest BCUT2D eigenvalue weighted by molar-refractivity contribution is 7.85. The Morgan fingerprint density at radius 3 is 1.33 bits per heavy atom. The quantitative estimate of drug-likeness (QED) is 0.361. The van der Waals surface area contributed by atoms with Crippen molar-refractivity contribution in [2.24, 2.45) is 0 Å². The molecule has 0 radical (unpaired) electrons. The second-order valence-electron chi connectivity index (χ2n) is 1.65. The zero-order valence-electron chi connectivity index (χ0n) is 8.70. The van der Waals surface area contributed by atoms with Gasteiger partial charge in [-0.05, 0) is 6.26 Å². The van der Waals surface area contributed by atoms with Crippen molar-refractivity contribution in [1.29, 1.82) is 0 Å². The summed E-state index contributed by atoms with van der Waals surface area (Å²) in [4.78, 5) is 9.00. The van der Waals surface area contributed by atoms with E-state index in [4.69, 9.17) is 28.3 Å². The van der Waals surface area contributed by atoms with Gasteiger partial charge in [-0.15, -0.1) is 0 Å². The first kappa shape index (κ1) is 23.9. The molecule has 0 aromatic heterocycles. The number of hydrogen-bond donors (Lipinski definition) is 3. The molecule has 0 bridgehead atoms. The van der Waals surface area contributed by atoms with Crippen LogP contribution in [-0.2, 0) is 26.0 Å². The van der Waals surface area contributed by atoms with Crippen molar-refractivity contribution >= 4 is 27.2 Å². The van der Waals surface area contributed by atoms with Crippen LogP contribution in [0.25, 0.3) is 0 Å². The maximum atomic E-state index is 9.19.